The number of nitrogens with zero attached hydrogens (tertiary/aromatic N) is 3. The Kier molecular flexibility index (Phi) is 5.32. The van der Waals surface area contributed by atoms with Gasteiger partial charge in [-0.25, -0.2) is 14.4 Å². The fraction of sp³-hybridized carbons (Fsp3) is 0.333. The van der Waals surface area contributed by atoms with Crippen LogP contribution in [-0.4, -0.2) is 36.3 Å². The molecule has 5 nitrogen and oxygen atoms in total. The molecule has 0 spiro atoms. The molecule has 0 atom stereocenters. The summed E-state index contributed by atoms with van der Waals surface area (Å²) in [6, 6.07) is 14.8. The first kappa shape index (κ1) is 20.3. The normalized spacial score (nSPS) is 17.5. The number of nitrogen functional groups attached to an aromatic ring is 1. The standard InChI is InChI=1S/C24H25FN4OS/c1-16-2-5-18(25)14-20(16)31-24(8-9-24)21-15-22(29-10-12-30-13-11-29)28-23(27-21)17-3-6-19(26)7-4-17/h2-7,14-15H,8-13,26H2,1H3. The van der Waals surface area contributed by atoms with E-state index in [1.54, 1.807) is 17.8 Å². The highest BCUT2D eigenvalue weighted by molar-refractivity contribution is 8.00. The number of halogens is 1. The van der Waals surface area contributed by atoms with Gasteiger partial charge in [-0.1, -0.05) is 6.07 Å². The summed E-state index contributed by atoms with van der Waals surface area (Å²) in [6.45, 7) is 5.02. The molecule has 3 aromatic rings. The van der Waals surface area contributed by atoms with Gasteiger partial charge in [0, 0.05) is 35.3 Å². The molecular weight excluding hydrogens is 411 g/mol. The molecule has 0 amide bonds. The van der Waals surface area contributed by atoms with Gasteiger partial charge in [0.25, 0.3) is 0 Å². The predicted octanol–water partition coefficient (Wildman–Crippen LogP) is 4.79. The number of hydrogen-bond donors (Lipinski definition) is 1. The van der Waals surface area contributed by atoms with E-state index in [2.05, 4.69) is 11.0 Å². The number of nitrogens with two attached hydrogens (primary N) is 1. The largest absolute Gasteiger partial charge is 0.399 e. The summed E-state index contributed by atoms with van der Waals surface area (Å²) >= 11 is 1.72. The topological polar surface area (TPSA) is 64.3 Å². The van der Waals surface area contributed by atoms with Crippen molar-refractivity contribution in [2.75, 3.05) is 36.9 Å². The lowest BCUT2D eigenvalue weighted by atomic mass is 10.1. The lowest BCUT2D eigenvalue weighted by Crippen LogP contribution is -2.37. The van der Waals surface area contributed by atoms with Crippen LogP contribution in [0.4, 0.5) is 15.9 Å². The van der Waals surface area contributed by atoms with Gasteiger partial charge in [-0.2, -0.15) is 0 Å². The van der Waals surface area contributed by atoms with Crippen LogP contribution in [-0.2, 0) is 9.48 Å². The summed E-state index contributed by atoms with van der Waals surface area (Å²) in [5, 5.41) is 0. The summed E-state index contributed by atoms with van der Waals surface area (Å²) in [6.07, 6.45) is 2.02. The van der Waals surface area contributed by atoms with Crippen molar-refractivity contribution in [3.63, 3.8) is 0 Å². The van der Waals surface area contributed by atoms with Crippen LogP contribution in [0.3, 0.4) is 0 Å². The van der Waals surface area contributed by atoms with Crippen molar-refractivity contribution in [2.45, 2.75) is 29.4 Å². The van der Waals surface area contributed by atoms with Crippen LogP contribution in [0.1, 0.15) is 24.1 Å². The first-order valence-electron chi connectivity index (χ1n) is 10.6. The van der Waals surface area contributed by atoms with E-state index in [9.17, 15) is 4.39 Å². The number of aromatic nitrogens is 2. The number of thioether (sulfide) groups is 1. The van der Waals surface area contributed by atoms with Crippen molar-refractivity contribution in [3.05, 3.63) is 65.6 Å². The first-order valence-corrected chi connectivity index (χ1v) is 11.4. The zero-order valence-electron chi connectivity index (χ0n) is 17.5. The van der Waals surface area contributed by atoms with Gasteiger partial charge in [0.1, 0.15) is 11.6 Å². The number of ether oxygens (including phenoxy) is 1. The Morgan fingerprint density at radius 3 is 2.48 bits per heavy atom. The molecule has 0 bridgehead atoms. The molecule has 2 aromatic carbocycles. The number of aryl methyl sites for hydroxylation is 1. The zero-order valence-corrected chi connectivity index (χ0v) is 18.3. The number of hydrogen-bond acceptors (Lipinski definition) is 6. The van der Waals surface area contributed by atoms with Gasteiger partial charge in [-0.15, -0.1) is 11.8 Å². The van der Waals surface area contributed by atoms with Gasteiger partial charge in [0.2, 0.25) is 0 Å². The van der Waals surface area contributed by atoms with Crippen LogP contribution in [0.2, 0.25) is 0 Å². The molecule has 1 saturated heterocycles. The van der Waals surface area contributed by atoms with E-state index in [4.69, 9.17) is 20.4 Å². The molecule has 160 valence electrons. The summed E-state index contributed by atoms with van der Waals surface area (Å²) < 4.78 is 19.3. The molecule has 2 heterocycles. The van der Waals surface area contributed by atoms with Crippen molar-refractivity contribution in [3.8, 4) is 11.4 Å². The summed E-state index contributed by atoms with van der Waals surface area (Å²) in [4.78, 5) is 13.1. The Morgan fingerprint density at radius 1 is 1.03 bits per heavy atom. The Balaban J connectivity index is 1.56. The highest BCUT2D eigenvalue weighted by Gasteiger charge is 2.47. The third-order valence-corrected chi connectivity index (χ3v) is 7.51. The lowest BCUT2D eigenvalue weighted by molar-refractivity contribution is 0.122. The van der Waals surface area contributed by atoms with Crippen LogP contribution in [0.15, 0.2) is 53.4 Å². The summed E-state index contributed by atoms with van der Waals surface area (Å²) in [5.41, 5.74) is 9.61. The number of anilines is 2. The van der Waals surface area contributed by atoms with E-state index < -0.39 is 0 Å². The van der Waals surface area contributed by atoms with Crippen molar-refractivity contribution in [1.29, 1.82) is 0 Å². The SMILES string of the molecule is Cc1ccc(F)cc1SC1(c2cc(N3CCOCC3)nc(-c3ccc(N)cc3)n2)CC1. The average molecular weight is 437 g/mol. The fourth-order valence-electron chi connectivity index (χ4n) is 3.80. The van der Waals surface area contributed by atoms with Crippen LogP contribution in [0.5, 0.6) is 0 Å². The Hall–Kier alpha value is -2.64. The van der Waals surface area contributed by atoms with Gasteiger partial charge >= 0.3 is 0 Å². The van der Waals surface area contributed by atoms with E-state index in [0.717, 1.165) is 53.5 Å². The van der Waals surface area contributed by atoms with Gasteiger partial charge in [-0.3, -0.25) is 0 Å². The molecule has 5 rings (SSSR count). The molecule has 0 radical (unpaired) electrons. The molecule has 2 fully saturated rings. The Morgan fingerprint density at radius 2 is 1.77 bits per heavy atom. The number of benzene rings is 2. The van der Waals surface area contributed by atoms with Gasteiger partial charge in [0.15, 0.2) is 5.82 Å². The van der Waals surface area contributed by atoms with E-state index in [-0.39, 0.29) is 10.6 Å². The van der Waals surface area contributed by atoms with Gasteiger partial charge in [-0.05, 0) is 61.7 Å². The average Bonchev–Trinajstić information content (AvgIpc) is 3.58. The fourth-order valence-corrected chi connectivity index (χ4v) is 5.14. The van der Waals surface area contributed by atoms with E-state index >= 15 is 0 Å². The molecule has 7 heteroatoms. The molecular formula is C24H25FN4OS. The van der Waals surface area contributed by atoms with Crippen molar-refractivity contribution in [1.82, 2.24) is 9.97 Å². The Bertz CT molecular complexity index is 1100. The third kappa shape index (κ3) is 4.25. The monoisotopic (exact) mass is 436 g/mol. The number of rotatable bonds is 5. The van der Waals surface area contributed by atoms with Crippen LogP contribution in [0.25, 0.3) is 11.4 Å². The van der Waals surface area contributed by atoms with Gasteiger partial charge < -0.3 is 15.4 Å². The molecule has 1 saturated carbocycles. The van der Waals surface area contributed by atoms with Crippen molar-refractivity contribution in [2.24, 2.45) is 0 Å². The van der Waals surface area contributed by atoms with Crippen molar-refractivity contribution < 1.29 is 9.13 Å². The van der Waals surface area contributed by atoms with E-state index in [1.165, 1.54) is 6.07 Å². The molecule has 1 aliphatic heterocycles. The first-order chi connectivity index (χ1) is 15.0. The minimum absolute atomic E-state index is 0.148. The molecule has 1 aliphatic carbocycles. The lowest BCUT2D eigenvalue weighted by Gasteiger charge is -2.29. The maximum atomic E-state index is 13.9. The van der Waals surface area contributed by atoms with Crippen LogP contribution >= 0.6 is 11.8 Å². The second kappa shape index (κ2) is 8.13. The van der Waals surface area contributed by atoms with E-state index in [1.807, 2.05) is 37.3 Å². The van der Waals surface area contributed by atoms with E-state index in [0.29, 0.717) is 24.7 Å². The molecule has 2 aliphatic rings. The second-order valence-corrected chi connectivity index (χ2v) is 9.59. The molecule has 31 heavy (non-hydrogen) atoms. The molecule has 1 aromatic heterocycles. The smallest absolute Gasteiger partial charge is 0.161 e. The minimum atomic E-state index is -0.205. The second-order valence-electron chi connectivity index (χ2n) is 8.16. The third-order valence-electron chi connectivity index (χ3n) is 5.84. The zero-order chi connectivity index (χ0) is 21.4. The molecule has 2 N–H and O–H groups in total. The number of morpholine rings is 1. The van der Waals surface area contributed by atoms with Crippen LogP contribution in [0, 0.1) is 12.7 Å². The minimum Gasteiger partial charge on any atom is -0.399 e. The summed E-state index contributed by atoms with van der Waals surface area (Å²) in [5.74, 6) is 1.41. The van der Waals surface area contributed by atoms with Crippen LogP contribution < -0.4 is 10.6 Å². The Labute approximate surface area is 185 Å². The predicted molar refractivity (Wildman–Crippen MR) is 123 cm³/mol. The molecule has 0 unspecified atom stereocenters. The highest BCUT2D eigenvalue weighted by atomic mass is 32.2. The quantitative estimate of drug-likeness (QED) is 0.580. The summed E-state index contributed by atoms with van der Waals surface area (Å²) in [7, 11) is 0. The van der Waals surface area contributed by atoms with Crippen molar-refractivity contribution >= 4 is 23.3 Å². The maximum Gasteiger partial charge on any atom is 0.161 e. The maximum absolute atomic E-state index is 13.9. The highest BCUT2D eigenvalue weighted by Crippen LogP contribution is 2.59. The van der Waals surface area contributed by atoms with Gasteiger partial charge in [0.05, 0.1) is 23.7 Å².